The first-order chi connectivity index (χ1) is 8.47. The van der Waals surface area contributed by atoms with Crippen molar-refractivity contribution in [1.29, 1.82) is 0 Å². The van der Waals surface area contributed by atoms with Crippen molar-refractivity contribution < 1.29 is 9.53 Å². The zero-order valence-electron chi connectivity index (χ0n) is 10.3. The van der Waals surface area contributed by atoms with Crippen molar-refractivity contribution in [2.45, 2.75) is 26.4 Å². The second-order valence-corrected chi connectivity index (χ2v) is 5.91. The molecule has 2 unspecified atom stereocenters. The highest BCUT2D eigenvalue weighted by Gasteiger charge is 2.28. The van der Waals surface area contributed by atoms with Crippen molar-refractivity contribution in [3.63, 3.8) is 0 Å². The van der Waals surface area contributed by atoms with Crippen LogP contribution in [0.2, 0.25) is 5.02 Å². The Bertz CT molecular complexity index is 478. The number of amides is 1. The second kappa shape index (κ2) is 5.59. The molecule has 1 fully saturated rings. The van der Waals surface area contributed by atoms with E-state index in [1.165, 1.54) is 0 Å². The molecule has 0 saturated carbocycles. The van der Waals surface area contributed by atoms with Crippen molar-refractivity contribution in [1.82, 2.24) is 0 Å². The minimum absolute atomic E-state index is 0.0139. The predicted molar refractivity (Wildman–Crippen MR) is 76.0 cm³/mol. The van der Waals surface area contributed by atoms with E-state index in [1.54, 1.807) is 6.07 Å². The van der Waals surface area contributed by atoms with Gasteiger partial charge in [0, 0.05) is 9.50 Å². The highest BCUT2D eigenvalue weighted by atomic mass is 79.9. The fraction of sp³-hybridized carbons (Fsp3) is 0.462. The lowest BCUT2D eigenvalue weighted by molar-refractivity contribution is -0.119. The molecule has 1 aromatic rings. The van der Waals surface area contributed by atoms with Crippen LogP contribution in [0.25, 0.3) is 0 Å². The van der Waals surface area contributed by atoms with Crippen LogP contribution in [0, 0.1) is 12.8 Å². The number of ether oxygens (including phenoxy) is 1. The molecule has 1 N–H and O–H groups in total. The lowest BCUT2D eigenvalue weighted by Gasteiger charge is -2.12. The average Bonchev–Trinajstić information content (AvgIpc) is 2.73. The van der Waals surface area contributed by atoms with Gasteiger partial charge in [0.05, 0.1) is 24.3 Å². The van der Waals surface area contributed by atoms with Crippen molar-refractivity contribution >= 4 is 39.1 Å². The van der Waals surface area contributed by atoms with Gasteiger partial charge in [0.1, 0.15) is 0 Å². The molecule has 98 valence electrons. The van der Waals surface area contributed by atoms with Crippen LogP contribution >= 0.6 is 27.5 Å². The fourth-order valence-electron chi connectivity index (χ4n) is 1.98. The maximum absolute atomic E-state index is 12.1. The number of anilines is 1. The first kappa shape index (κ1) is 13.8. The summed E-state index contributed by atoms with van der Waals surface area (Å²) in [5.74, 6) is -0.0908. The molecule has 1 amide bonds. The first-order valence-corrected chi connectivity index (χ1v) is 7.02. The fourth-order valence-corrected chi connectivity index (χ4v) is 2.70. The normalized spacial score (nSPS) is 23.1. The third-order valence-electron chi connectivity index (χ3n) is 3.08. The molecular weight excluding hydrogens is 318 g/mol. The highest BCUT2D eigenvalue weighted by molar-refractivity contribution is 9.10. The Balaban J connectivity index is 2.09. The van der Waals surface area contributed by atoms with Gasteiger partial charge in [0.15, 0.2) is 0 Å². The molecule has 1 heterocycles. The second-order valence-electron chi connectivity index (χ2n) is 4.65. The Morgan fingerprint density at radius 2 is 2.28 bits per heavy atom. The van der Waals surface area contributed by atoms with Gasteiger partial charge in [0.25, 0.3) is 0 Å². The summed E-state index contributed by atoms with van der Waals surface area (Å²) >= 11 is 9.48. The zero-order valence-corrected chi connectivity index (χ0v) is 12.6. The molecule has 0 bridgehead atoms. The van der Waals surface area contributed by atoms with Crippen LogP contribution in [0.4, 0.5) is 5.69 Å². The van der Waals surface area contributed by atoms with Gasteiger partial charge < -0.3 is 10.1 Å². The third kappa shape index (κ3) is 3.05. The lowest BCUT2D eigenvalue weighted by Crippen LogP contribution is -2.23. The molecule has 0 spiro atoms. The topological polar surface area (TPSA) is 38.3 Å². The number of hydrogen-bond acceptors (Lipinski definition) is 2. The molecule has 18 heavy (non-hydrogen) atoms. The molecule has 1 aliphatic rings. The molecule has 2 atom stereocenters. The van der Waals surface area contributed by atoms with E-state index in [0.717, 1.165) is 16.5 Å². The molecule has 1 aromatic carbocycles. The minimum Gasteiger partial charge on any atom is -0.378 e. The molecule has 0 aromatic heterocycles. The van der Waals surface area contributed by atoms with Crippen LogP contribution in [-0.4, -0.2) is 18.6 Å². The van der Waals surface area contributed by atoms with Gasteiger partial charge in [-0.15, -0.1) is 0 Å². The monoisotopic (exact) mass is 331 g/mol. The third-order valence-corrected chi connectivity index (χ3v) is 4.14. The average molecular weight is 333 g/mol. The van der Waals surface area contributed by atoms with E-state index in [0.29, 0.717) is 17.3 Å². The van der Waals surface area contributed by atoms with E-state index in [-0.39, 0.29) is 17.9 Å². The standard InChI is InChI=1S/C13H15BrClNO2/c1-7-3-10(14)12(5-11(7)15)16-13(17)9-4-8(2)18-6-9/h3,5,8-9H,4,6H2,1-2H3,(H,16,17). The van der Waals surface area contributed by atoms with Gasteiger partial charge >= 0.3 is 0 Å². The molecule has 3 nitrogen and oxygen atoms in total. The molecular formula is C13H15BrClNO2. The number of benzene rings is 1. The quantitative estimate of drug-likeness (QED) is 0.895. The zero-order chi connectivity index (χ0) is 13.3. The van der Waals surface area contributed by atoms with Crippen LogP contribution < -0.4 is 5.32 Å². The first-order valence-electron chi connectivity index (χ1n) is 5.85. The highest BCUT2D eigenvalue weighted by Crippen LogP contribution is 2.30. The van der Waals surface area contributed by atoms with E-state index < -0.39 is 0 Å². The summed E-state index contributed by atoms with van der Waals surface area (Å²) in [7, 11) is 0. The van der Waals surface area contributed by atoms with Crippen molar-refractivity contribution in [3.8, 4) is 0 Å². The Kier molecular flexibility index (Phi) is 4.30. The number of carbonyl (C=O) groups excluding carboxylic acids is 1. The lowest BCUT2D eigenvalue weighted by atomic mass is 10.1. The number of halogens is 2. The summed E-state index contributed by atoms with van der Waals surface area (Å²) in [6.45, 7) is 4.39. The van der Waals surface area contributed by atoms with Crippen LogP contribution in [0.1, 0.15) is 18.9 Å². The van der Waals surface area contributed by atoms with Crippen LogP contribution in [0.3, 0.4) is 0 Å². The van der Waals surface area contributed by atoms with Gasteiger partial charge in [-0.1, -0.05) is 11.6 Å². The number of aryl methyl sites for hydroxylation is 1. The summed E-state index contributed by atoms with van der Waals surface area (Å²) in [5.41, 5.74) is 1.68. The van der Waals surface area contributed by atoms with E-state index >= 15 is 0 Å². The van der Waals surface area contributed by atoms with E-state index in [4.69, 9.17) is 16.3 Å². The van der Waals surface area contributed by atoms with Crippen molar-refractivity contribution in [3.05, 3.63) is 27.2 Å². The molecule has 0 aliphatic carbocycles. The molecule has 0 radical (unpaired) electrons. The predicted octanol–water partition coefficient (Wildman–Crippen LogP) is 3.77. The molecule has 5 heteroatoms. The smallest absolute Gasteiger partial charge is 0.229 e. The minimum atomic E-state index is -0.0769. The van der Waals surface area contributed by atoms with Gasteiger partial charge in [0.2, 0.25) is 5.91 Å². The van der Waals surface area contributed by atoms with E-state index in [1.807, 2.05) is 19.9 Å². The number of carbonyl (C=O) groups is 1. The Hall–Kier alpha value is -0.580. The van der Waals surface area contributed by atoms with Crippen LogP contribution in [0.5, 0.6) is 0 Å². The summed E-state index contributed by atoms with van der Waals surface area (Å²) in [5, 5.41) is 3.53. The molecule has 1 saturated heterocycles. The Morgan fingerprint density at radius 3 is 2.89 bits per heavy atom. The number of hydrogen-bond donors (Lipinski definition) is 1. The molecule has 2 rings (SSSR count). The van der Waals surface area contributed by atoms with Crippen molar-refractivity contribution in [2.24, 2.45) is 5.92 Å². The SMILES string of the molecule is Cc1cc(Br)c(NC(=O)C2COC(C)C2)cc1Cl. The maximum Gasteiger partial charge on any atom is 0.229 e. The summed E-state index contributed by atoms with van der Waals surface area (Å²) in [6, 6.07) is 3.66. The van der Waals surface area contributed by atoms with Crippen LogP contribution in [-0.2, 0) is 9.53 Å². The van der Waals surface area contributed by atoms with E-state index in [9.17, 15) is 4.79 Å². The summed E-state index contributed by atoms with van der Waals surface area (Å²) in [6.07, 6.45) is 0.925. The summed E-state index contributed by atoms with van der Waals surface area (Å²) < 4.78 is 6.24. The number of rotatable bonds is 2. The van der Waals surface area contributed by atoms with E-state index in [2.05, 4.69) is 21.2 Å². The largest absolute Gasteiger partial charge is 0.378 e. The maximum atomic E-state index is 12.1. The van der Waals surface area contributed by atoms with Gasteiger partial charge in [-0.25, -0.2) is 0 Å². The Morgan fingerprint density at radius 1 is 1.56 bits per heavy atom. The molecule has 1 aliphatic heterocycles. The van der Waals surface area contributed by atoms with Crippen molar-refractivity contribution in [2.75, 3.05) is 11.9 Å². The number of nitrogens with one attached hydrogen (secondary N) is 1. The van der Waals surface area contributed by atoms with Gasteiger partial charge in [-0.3, -0.25) is 4.79 Å². The van der Waals surface area contributed by atoms with Gasteiger partial charge in [-0.05, 0) is 53.9 Å². The van der Waals surface area contributed by atoms with Gasteiger partial charge in [-0.2, -0.15) is 0 Å². The summed E-state index contributed by atoms with van der Waals surface area (Å²) in [4.78, 5) is 12.1. The Labute approximate surface area is 120 Å². The van der Waals surface area contributed by atoms with Crippen LogP contribution in [0.15, 0.2) is 16.6 Å².